The average Bonchev–Trinajstić information content (AvgIpc) is 3.00. The van der Waals surface area contributed by atoms with Crippen molar-refractivity contribution in [1.82, 2.24) is 4.98 Å². The SMILES string of the molecule is Cc1cc(CC2CCC3=C(C2)c2ccccc2C3)c2ccccc2n1. The number of benzene rings is 2. The van der Waals surface area contributed by atoms with Crippen LogP contribution in [-0.2, 0) is 12.8 Å². The van der Waals surface area contributed by atoms with Crippen molar-refractivity contribution in [2.24, 2.45) is 5.92 Å². The maximum absolute atomic E-state index is 4.70. The van der Waals surface area contributed by atoms with Gasteiger partial charge in [-0.1, -0.05) is 48.0 Å². The van der Waals surface area contributed by atoms with E-state index in [4.69, 9.17) is 4.98 Å². The van der Waals surface area contributed by atoms with Gasteiger partial charge >= 0.3 is 0 Å². The van der Waals surface area contributed by atoms with E-state index in [0.29, 0.717) is 0 Å². The molecule has 2 aliphatic carbocycles. The zero-order valence-electron chi connectivity index (χ0n) is 14.8. The van der Waals surface area contributed by atoms with Gasteiger partial charge in [0.1, 0.15) is 0 Å². The van der Waals surface area contributed by atoms with Crippen LogP contribution in [0.3, 0.4) is 0 Å². The average molecular weight is 325 g/mol. The number of fused-ring (bicyclic) bond motifs is 3. The van der Waals surface area contributed by atoms with Gasteiger partial charge < -0.3 is 0 Å². The van der Waals surface area contributed by atoms with Crippen LogP contribution in [0.25, 0.3) is 16.5 Å². The van der Waals surface area contributed by atoms with Crippen LogP contribution in [0.5, 0.6) is 0 Å². The minimum absolute atomic E-state index is 0.745. The largest absolute Gasteiger partial charge is 0.253 e. The number of allylic oxidation sites excluding steroid dienone is 2. The zero-order valence-corrected chi connectivity index (χ0v) is 14.8. The molecule has 0 saturated carbocycles. The first-order chi connectivity index (χ1) is 12.3. The first-order valence-electron chi connectivity index (χ1n) is 9.42. The molecule has 0 amide bonds. The lowest BCUT2D eigenvalue weighted by Gasteiger charge is -2.25. The molecule has 1 heterocycles. The predicted octanol–water partition coefficient (Wildman–Crippen LogP) is 5.90. The summed E-state index contributed by atoms with van der Waals surface area (Å²) in [6.07, 6.45) is 6.19. The summed E-state index contributed by atoms with van der Waals surface area (Å²) in [5.41, 5.74) is 10.2. The minimum Gasteiger partial charge on any atom is -0.253 e. The van der Waals surface area contributed by atoms with Crippen LogP contribution >= 0.6 is 0 Å². The number of aryl methyl sites for hydroxylation is 1. The van der Waals surface area contributed by atoms with Crippen LogP contribution < -0.4 is 0 Å². The number of pyridine rings is 1. The molecule has 1 unspecified atom stereocenters. The maximum atomic E-state index is 4.70. The fourth-order valence-electron chi connectivity index (χ4n) is 4.81. The molecule has 25 heavy (non-hydrogen) atoms. The van der Waals surface area contributed by atoms with Gasteiger partial charge in [-0.15, -0.1) is 0 Å². The first kappa shape index (κ1) is 14.9. The van der Waals surface area contributed by atoms with Gasteiger partial charge in [-0.3, -0.25) is 4.98 Å². The zero-order chi connectivity index (χ0) is 16.8. The number of rotatable bonds is 2. The van der Waals surface area contributed by atoms with Gasteiger partial charge in [0.15, 0.2) is 0 Å². The molecule has 5 rings (SSSR count). The highest BCUT2D eigenvalue weighted by Gasteiger charge is 2.28. The maximum Gasteiger partial charge on any atom is 0.0707 e. The molecule has 0 saturated heterocycles. The molecule has 0 bridgehead atoms. The third kappa shape index (κ3) is 2.59. The Kier molecular flexibility index (Phi) is 3.48. The van der Waals surface area contributed by atoms with Gasteiger partial charge in [0.2, 0.25) is 0 Å². The number of hydrogen-bond donors (Lipinski definition) is 0. The highest BCUT2D eigenvalue weighted by Crippen LogP contribution is 2.44. The molecular formula is C24H23N. The Morgan fingerprint density at radius 1 is 1.04 bits per heavy atom. The van der Waals surface area contributed by atoms with Crippen LogP contribution in [0.4, 0.5) is 0 Å². The van der Waals surface area contributed by atoms with E-state index in [1.807, 2.05) is 0 Å². The van der Waals surface area contributed by atoms with E-state index in [-0.39, 0.29) is 0 Å². The summed E-state index contributed by atoms with van der Waals surface area (Å²) in [5, 5.41) is 1.33. The van der Waals surface area contributed by atoms with Crippen LogP contribution in [0.1, 0.15) is 41.6 Å². The molecule has 0 fully saturated rings. The smallest absolute Gasteiger partial charge is 0.0707 e. The molecule has 2 aliphatic rings. The Labute approximate surface area is 149 Å². The fraction of sp³-hybridized carbons (Fsp3) is 0.292. The third-order valence-corrected chi connectivity index (χ3v) is 5.96. The first-order valence-corrected chi connectivity index (χ1v) is 9.42. The fourth-order valence-corrected chi connectivity index (χ4v) is 4.81. The highest BCUT2D eigenvalue weighted by atomic mass is 14.7. The van der Waals surface area contributed by atoms with Gasteiger partial charge in [-0.25, -0.2) is 0 Å². The van der Waals surface area contributed by atoms with Gasteiger partial charge in [-0.2, -0.15) is 0 Å². The van der Waals surface area contributed by atoms with Crippen LogP contribution in [-0.4, -0.2) is 4.98 Å². The molecule has 0 radical (unpaired) electrons. The standard InChI is InChI=1S/C24H23N/c1-16-12-20(22-8-4-5-9-24(22)25-16)13-17-10-11-19-15-18-6-2-3-7-21(18)23(19)14-17/h2-9,12,17H,10-11,13-15H2,1H3. The lowest BCUT2D eigenvalue weighted by molar-refractivity contribution is 0.477. The van der Waals surface area contributed by atoms with Gasteiger partial charge in [0.25, 0.3) is 0 Å². The number of aromatic nitrogens is 1. The van der Waals surface area contributed by atoms with Crippen LogP contribution in [0, 0.1) is 12.8 Å². The second kappa shape index (κ2) is 5.84. The molecule has 1 nitrogen and oxygen atoms in total. The molecule has 1 atom stereocenters. The van der Waals surface area contributed by atoms with Crippen LogP contribution in [0.2, 0.25) is 0 Å². The lowest BCUT2D eigenvalue weighted by Crippen LogP contribution is -2.11. The van der Waals surface area contributed by atoms with E-state index in [0.717, 1.165) is 17.1 Å². The lowest BCUT2D eigenvalue weighted by atomic mass is 9.80. The predicted molar refractivity (Wildman–Crippen MR) is 105 cm³/mol. The molecule has 1 heteroatoms. The summed E-state index contributed by atoms with van der Waals surface area (Å²) in [4.78, 5) is 4.70. The van der Waals surface area contributed by atoms with Crippen molar-refractivity contribution < 1.29 is 0 Å². The number of hydrogen-bond acceptors (Lipinski definition) is 1. The normalized spacial score (nSPS) is 19.2. The summed E-state index contributed by atoms with van der Waals surface area (Å²) in [5.74, 6) is 0.745. The summed E-state index contributed by atoms with van der Waals surface area (Å²) < 4.78 is 0. The van der Waals surface area contributed by atoms with Crippen molar-refractivity contribution in [3.05, 3.63) is 82.6 Å². The Hall–Kier alpha value is -2.41. The molecule has 2 aromatic carbocycles. The van der Waals surface area contributed by atoms with Gasteiger partial charge in [-0.05, 0) is 79.3 Å². The van der Waals surface area contributed by atoms with E-state index < -0.39 is 0 Å². The second-order valence-electron chi connectivity index (χ2n) is 7.67. The summed E-state index contributed by atoms with van der Waals surface area (Å²) in [7, 11) is 0. The summed E-state index contributed by atoms with van der Waals surface area (Å²) >= 11 is 0. The number of nitrogens with zero attached hydrogens (tertiary/aromatic N) is 1. The van der Waals surface area contributed by atoms with E-state index in [9.17, 15) is 0 Å². The number of para-hydroxylation sites is 1. The monoisotopic (exact) mass is 325 g/mol. The highest BCUT2D eigenvalue weighted by molar-refractivity contribution is 5.82. The Morgan fingerprint density at radius 3 is 2.84 bits per heavy atom. The van der Waals surface area contributed by atoms with E-state index in [1.54, 1.807) is 16.7 Å². The van der Waals surface area contributed by atoms with E-state index in [1.165, 1.54) is 48.6 Å². The van der Waals surface area contributed by atoms with E-state index >= 15 is 0 Å². The van der Waals surface area contributed by atoms with Crippen molar-refractivity contribution in [1.29, 1.82) is 0 Å². The van der Waals surface area contributed by atoms with Crippen LogP contribution in [0.15, 0.2) is 60.2 Å². The molecular weight excluding hydrogens is 302 g/mol. The van der Waals surface area contributed by atoms with E-state index in [2.05, 4.69) is 61.5 Å². The quantitative estimate of drug-likeness (QED) is 0.572. The molecule has 0 aliphatic heterocycles. The minimum atomic E-state index is 0.745. The van der Waals surface area contributed by atoms with Gasteiger partial charge in [0, 0.05) is 11.1 Å². The van der Waals surface area contributed by atoms with Gasteiger partial charge in [0.05, 0.1) is 5.52 Å². The summed E-state index contributed by atoms with van der Waals surface area (Å²) in [6, 6.07) is 19.9. The Morgan fingerprint density at radius 2 is 1.88 bits per heavy atom. The second-order valence-corrected chi connectivity index (χ2v) is 7.67. The van der Waals surface area contributed by atoms with Crippen molar-refractivity contribution in [3.63, 3.8) is 0 Å². The molecule has 1 aromatic heterocycles. The Balaban J connectivity index is 1.46. The van der Waals surface area contributed by atoms with Crippen molar-refractivity contribution in [2.75, 3.05) is 0 Å². The third-order valence-electron chi connectivity index (χ3n) is 5.96. The van der Waals surface area contributed by atoms with Crippen molar-refractivity contribution >= 4 is 16.5 Å². The topological polar surface area (TPSA) is 12.9 Å². The van der Waals surface area contributed by atoms with Crippen molar-refractivity contribution in [3.8, 4) is 0 Å². The molecule has 0 N–H and O–H groups in total. The summed E-state index contributed by atoms with van der Waals surface area (Å²) in [6.45, 7) is 2.12. The molecule has 3 aromatic rings. The van der Waals surface area contributed by atoms with Crippen molar-refractivity contribution in [2.45, 2.75) is 39.0 Å². The Bertz CT molecular complexity index is 996. The molecule has 0 spiro atoms. The molecule has 124 valence electrons.